The molecule has 2 N–H and O–H groups in total. The molecule has 0 unspecified atom stereocenters. The van der Waals surface area contributed by atoms with E-state index in [1.807, 2.05) is 6.07 Å². The van der Waals surface area contributed by atoms with Crippen molar-refractivity contribution < 1.29 is 9.84 Å². The highest BCUT2D eigenvalue weighted by molar-refractivity contribution is 5.41. The van der Waals surface area contributed by atoms with Crippen LogP contribution in [-0.4, -0.2) is 18.8 Å². The Kier molecular flexibility index (Phi) is 3.84. The van der Waals surface area contributed by atoms with Crippen LogP contribution in [0.1, 0.15) is 5.56 Å². The van der Waals surface area contributed by atoms with E-state index in [2.05, 4.69) is 11.2 Å². The van der Waals surface area contributed by atoms with E-state index >= 15 is 0 Å². The first kappa shape index (κ1) is 10.4. The number of hydrogen-bond donors (Lipinski definition) is 2. The Labute approximate surface area is 83.7 Å². The molecule has 0 heterocycles. The minimum absolute atomic E-state index is 0.146. The normalized spacial score (nSPS) is 9.43. The monoisotopic (exact) mass is 191 g/mol. The molecule has 0 aliphatic carbocycles. The van der Waals surface area contributed by atoms with Gasteiger partial charge >= 0.3 is 0 Å². The fourth-order valence-corrected chi connectivity index (χ4v) is 1.11. The molecule has 1 aromatic rings. The smallest absolute Gasteiger partial charge is 0.160 e. The van der Waals surface area contributed by atoms with E-state index in [4.69, 9.17) is 11.2 Å². The Bertz CT molecular complexity index is 342. The molecule has 74 valence electrons. The summed E-state index contributed by atoms with van der Waals surface area (Å²) in [6, 6.07) is 5.20. The number of nitrogens with one attached hydrogen (secondary N) is 1. The topological polar surface area (TPSA) is 41.5 Å². The van der Waals surface area contributed by atoms with Gasteiger partial charge in [0.05, 0.1) is 13.7 Å². The first-order valence-corrected chi connectivity index (χ1v) is 4.28. The maximum Gasteiger partial charge on any atom is 0.160 e. The van der Waals surface area contributed by atoms with Gasteiger partial charge in [0, 0.05) is 6.54 Å². The molecule has 0 aliphatic rings. The quantitative estimate of drug-likeness (QED) is 0.553. The Balaban J connectivity index is 2.65. The number of rotatable bonds is 4. The van der Waals surface area contributed by atoms with Crippen molar-refractivity contribution in [2.75, 3.05) is 13.7 Å². The van der Waals surface area contributed by atoms with Crippen molar-refractivity contribution in [2.45, 2.75) is 6.54 Å². The molecule has 0 aliphatic heterocycles. The molecule has 0 spiro atoms. The summed E-state index contributed by atoms with van der Waals surface area (Å²) in [6.07, 6.45) is 5.10. The summed E-state index contributed by atoms with van der Waals surface area (Å²) in [5.41, 5.74) is 1.02. The molecule has 0 fully saturated rings. The molecule has 1 aromatic carbocycles. The van der Waals surface area contributed by atoms with Crippen LogP contribution >= 0.6 is 0 Å². The average molecular weight is 191 g/mol. The minimum atomic E-state index is 0.146. The van der Waals surface area contributed by atoms with Crippen molar-refractivity contribution in [2.24, 2.45) is 0 Å². The van der Waals surface area contributed by atoms with Gasteiger partial charge in [-0.1, -0.05) is 12.0 Å². The Morgan fingerprint density at radius 3 is 3.00 bits per heavy atom. The van der Waals surface area contributed by atoms with Gasteiger partial charge in [-0.25, -0.2) is 0 Å². The van der Waals surface area contributed by atoms with E-state index in [1.165, 1.54) is 7.11 Å². The van der Waals surface area contributed by atoms with Crippen molar-refractivity contribution >= 4 is 0 Å². The lowest BCUT2D eigenvalue weighted by Gasteiger charge is -2.06. The molecule has 0 bridgehead atoms. The third kappa shape index (κ3) is 2.68. The number of ether oxygens (including phenoxy) is 1. The third-order valence-corrected chi connectivity index (χ3v) is 1.80. The van der Waals surface area contributed by atoms with Gasteiger partial charge in [0.15, 0.2) is 11.5 Å². The van der Waals surface area contributed by atoms with Crippen LogP contribution in [0.5, 0.6) is 11.5 Å². The predicted molar refractivity (Wildman–Crippen MR) is 55.2 cm³/mol. The zero-order chi connectivity index (χ0) is 10.4. The molecule has 0 radical (unpaired) electrons. The van der Waals surface area contributed by atoms with Gasteiger partial charge < -0.3 is 15.2 Å². The number of phenols is 1. The van der Waals surface area contributed by atoms with Gasteiger partial charge in [-0.05, 0) is 17.7 Å². The standard InChI is InChI=1S/C11H13NO2/c1-3-6-12-8-9-4-5-10(13)11(7-9)14-2/h1,4-5,7,12-13H,6,8H2,2H3. The van der Waals surface area contributed by atoms with Gasteiger partial charge in [0.1, 0.15) is 0 Å². The summed E-state index contributed by atoms with van der Waals surface area (Å²) in [6.45, 7) is 1.20. The minimum Gasteiger partial charge on any atom is -0.504 e. The first-order valence-electron chi connectivity index (χ1n) is 4.28. The molecule has 0 atom stereocenters. The third-order valence-electron chi connectivity index (χ3n) is 1.80. The summed E-state index contributed by atoms with van der Waals surface area (Å²) in [5.74, 6) is 3.11. The van der Waals surface area contributed by atoms with Gasteiger partial charge in [-0.3, -0.25) is 0 Å². The van der Waals surface area contributed by atoms with E-state index in [0.29, 0.717) is 18.8 Å². The Morgan fingerprint density at radius 1 is 1.57 bits per heavy atom. The summed E-state index contributed by atoms with van der Waals surface area (Å²) in [7, 11) is 1.52. The van der Waals surface area contributed by atoms with Crippen LogP contribution in [0.15, 0.2) is 18.2 Å². The second-order valence-electron chi connectivity index (χ2n) is 2.81. The van der Waals surface area contributed by atoms with Gasteiger partial charge in [-0.15, -0.1) is 6.42 Å². The lowest BCUT2D eigenvalue weighted by atomic mass is 10.2. The van der Waals surface area contributed by atoms with Crippen LogP contribution in [0, 0.1) is 12.3 Å². The summed E-state index contributed by atoms with van der Waals surface area (Å²) < 4.78 is 4.97. The van der Waals surface area contributed by atoms with E-state index in [1.54, 1.807) is 12.1 Å². The molecule has 3 nitrogen and oxygen atoms in total. The molecule has 14 heavy (non-hydrogen) atoms. The highest BCUT2D eigenvalue weighted by atomic mass is 16.5. The van der Waals surface area contributed by atoms with Gasteiger partial charge in [0.2, 0.25) is 0 Å². The number of aromatic hydroxyl groups is 1. The van der Waals surface area contributed by atoms with Gasteiger partial charge in [-0.2, -0.15) is 0 Å². The number of benzene rings is 1. The molecule has 0 aromatic heterocycles. The van der Waals surface area contributed by atoms with Crippen LogP contribution in [0.3, 0.4) is 0 Å². The Hall–Kier alpha value is -1.66. The van der Waals surface area contributed by atoms with Crippen LogP contribution in [0.4, 0.5) is 0 Å². The van der Waals surface area contributed by atoms with Crippen molar-refractivity contribution in [1.82, 2.24) is 5.32 Å². The molecule has 1 rings (SSSR count). The average Bonchev–Trinajstić information content (AvgIpc) is 2.21. The second-order valence-corrected chi connectivity index (χ2v) is 2.81. The van der Waals surface area contributed by atoms with Crippen molar-refractivity contribution in [3.8, 4) is 23.8 Å². The van der Waals surface area contributed by atoms with E-state index < -0.39 is 0 Å². The number of phenolic OH excluding ortho intramolecular Hbond substituents is 1. The van der Waals surface area contributed by atoms with E-state index in [0.717, 1.165) is 5.56 Å². The zero-order valence-corrected chi connectivity index (χ0v) is 8.08. The maximum atomic E-state index is 9.33. The lowest BCUT2D eigenvalue weighted by molar-refractivity contribution is 0.373. The zero-order valence-electron chi connectivity index (χ0n) is 8.08. The van der Waals surface area contributed by atoms with Crippen LogP contribution in [0.2, 0.25) is 0 Å². The summed E-state index contributed by atoms with van der Waals surface area (Å²) in [4.78, 5) is 0. The maximum absolute atomic E-state index is 9.33. The van der Waals surface area contributed by atoms with Crippen LogP contribution in [0.25, 0.3) is 0 Å². The SMILES string of the molecule is C#CCNCc1ccc(O)c(OC)c1. The Morgan fingerprint density at radius 2 is 2.36 bits per heavy atom. The van der Waals surface area contributed by atoms with E-state index in [9.17, 15) is 5.11 Å². The highest BCUT2D eigenvalue weighted by Crippen LogP contribution is 2.25. The number of methoxy groups -OCH3 is 1. The lowest BCUT2D eigenvalue weighted by Crippen LogP contribution is -2.12. The number of hydrogen-bond acceptors (Lipinski definition) is 3. The molecule has 0 saturated heterocycles. The summed E-state index contributed by atoms with van der Waals surface area (Å²) in [5, 5.41) is 12.4. The fourth-order valence-electron chi connectivity index (χ4n) is 1.11. The predicted octanol–water partition coefficient (Wildman–Crippen LogP) is 1.12. The summed E-state index contributed by atoms with van der Waals surface area (Å²) >= 11 is 0. The molecule has 0 amide bonds. The fraction of sp³-hybridized carbons (Fsp3) is 0.273. The second kappa shape index (κ2) is 5.15. The van der Waals surface area contributed by atoms with Crippen molar-refractivity contribution in [3.05, 3.63) is 23.8 Å². The van der Waals surface area contributed by atoms with Crippen LogP contribution < -0.4 is 10.1 Å². The largest absolute Gasteiger partial charge is 0.504 e. The molecule has 0 saturated carbocycles. The van der Waals surface area contributed by atoms with Crippen LogP contribution in [-0.2, 0) is 6.54 Å². The molecule has 3 heteroatoms. The first-order chi connectivity index (χ1) is 6.77. The van der Waals surface area contributed by atoms with Crippen molar-refractivity contribution in [1.29, 1.82) is 0 Å². The highest BCUT2D eigenvalue weighted by Gasteiger charge is 2.01. The van der Waals surface area contributed by atoms with Crippen molar-refractivity contribution in [3.63, 3.8) is 0 Å². The molecular formula is C11H13NO2. The molecular weight excluding hydrogens is 178 g/mol. The van der Waals surface area contributed by atoms with E-state index in [-0.39, 0.29) is 5.75 Å². The van der Waals surface area contributed by atoms with Gasteiger partial charge in [0.25, 0.3) is 0 Å². The number of terminal acetylenes is 1.